The highest BCUT2D eigenvalue weighted by atomic mass is 15.1. The second-order valence-corrected chi connectivity index (χ2v) is 34.2. The number of fused-ring (bicyclic) bond motifs is 8. The molecule has 2 nitrogen and oxygen atoms in total. The summed E-state index contributed by atoms with van der Waals surface area (Å²) in [6.45, 7) is 9.68. The van der Waals surface area contributed by atoms with Crippen LogP contribution in [0.4, 0.5) is 34.1 Å². The number of benzene rings is 20. The molecule has 0 unspecified atom stereocenters. The van der Waals surface area contributed by atoms with Crippen molar-refractivity contribution in [1.82, 2.24) is 0 Å². The van der Waals surface area contributed by atoms with Crippen molar-refractivity contribution < 1.29 is 0 Å². The summed E-state index contributed by atoms with van der Waals surface area (Å²) < 4.78 is 0. The van der Waals surface area contributed by atoms with Gasteiger partial charge in [0.25, 0.3) is 0 Å². The lowest BCUT2D eigenvalue weighted by Crippen LogP contribution is -2.16. The van der Waals surface area contributed by atoms with Crippen molar-refractivity contribution in [2.75, 3.05) is 9.80 Å². The molecule has 0 aromatic heterocycles. The topological polar surface area (TPSA) is 6.48 Å². The Morgan fingerprint density at radius 2 is 0.435 bits per heavy atom. The van der Waals surface area contributed by atoms with Gasteiger partial charge in [0.1, 0.15) is 0 Å². The van der Waals surface area contributed by atoms with E-state index in [1.54, 1.807) is 0 Å². The average Bonchev–Trinajstić information content (AvgIpc) is 1.56. The largest absolute Gasteiger partial charge is 0.311 e. The molecule has 0 heterocycles. The molecule has 0 atom stereocenters. The van der Waals surface area contributed by atoms with Crippen LogP contribution < -0.4 is 9.80 Å². The third kappa shape index (κ3) is 13.2. The van der Waals surface area contributed by atoms with Crippen molar-refractivity contribution in [3.63, 3.8) is 0 Å². The molecule has 586 valence electrons. The van der Waals surface area contributed by atoms with Crippen LogP contribution in [0, 0.1) is 0 Å². The van der Waals surface area contributed by atoms with Crippen LogP contribution in [0.1, 0.15) is 49.9 Å². The predicted molar refractivity (Wildman–Crippen MR) is 526 cm³/mol. The third-order valence-electron chi connectivity index (χ3n) is 26.3. The lowest BCUT2D eigenvalue weighted by molar-refractivity contribution is 0.662. The Hall–Kier alpha value is -15.5. The Morgan fingerprint density at radius 1 is 0.153 bits per heavy atom. The molecule has 2 aliphatic rings. The second-order valence-electron chi connectivity index (χ2n) is 34.2. The van der Waals surface area contributed by atoms with Crippen molar-refractivity contribution in [2.24, 2.45) is 0 Å². The Morgan fingerprint density at radius 3 is 0.952 bits per heavy atom. The van der Waals surface area contributed by atoms with Crippen LogP contribution in [0.2, 0.25) is 0 Å². The van der Waals surface area contributed by atoms with Crippen molar-refractivity contribution in [1.29, 1.82) is 0 Å². The Bertz CT molecular complexity index is 7460. The summed E-state index contributed by atoms with van der Waals surface area (Å²) in [5.41, 5.74) is 42.6. The van der Waals surface area contributed by atoms with E-state index >= 15 is 0 Å². The quantitative estimate of drug-likeness (QED) is 0.0896. The lowest BCUT2D eigenvalue weighted by atomic mass is 9.77. The van der Waals surface area contributed by atoms with Gasteiger partial charge in [-0.25, -0.2) is 0 Å². The van der Waals surface area contributed by atoms with Gasteiger partial charge in [0.2, 0.25) is 0 Å². The van der Waals surface area contributed by atoms with E-state index in [-0.39, 0.29) is 10.8 Å². The number of hydrogen-bond acceptors (Lipinski definition) is 2. The molecule has 0 N–H and O–H groups in total. The second kappa shape index (κ2) is 31.0. The first-order valence-corrected chi connectivity index (χ1v) is 43.3. The Kier molecular flexibility index (Phi) is 18.7. The average molecular weight is 1580 g/mol. The van der Waals surface area contributed by atoms with Crippen molar-refractivity contribution in [3.05, 3.63) is 483 Å². The van der Waals surface area contributed by atoms with Crippen LogP contribution >= 0.6 is 0 Å². The van der Waals surface area contributed by atoms with Crippen LogP contribution in [-0.4, -0.2) is 0 Å². The van der Waals surface area contributed by atoms with E-state index in [0.717, 1.165) is 61.9 Å². The SMILES string of the molecule is CC1(C)c2ccccc2-c2cccc(-c3cc(-c4ccc(N(c5ccc(-c6ccccc6)cc5)c5ccc(-c6cccc7ccccc67)cc5)cc4)ccc3-c3cccc(-c4ccc5c(c4)-c4cccc(-c6cc(-c7ccc(N(c8ccc(-c9cccc%10ccccc9%10)cc8)c8ccccc8-c8ccccc8)cc7)ccc6-c6ccccc6)c4C5(C)C)c3)c21. The smallest absolute Gasteiger partial charge is 0.0540 e. The summed E-state index contributed by atoms with van der Waals surface area (Å²) in [5.74, 6) is 0. The molecule has 20 aromatic rings. The Labute approximate surface area is 726 Å². The minimum absolute atomic E-state index is 0.252. The van der Waals surface area contributed by atoms with Crippen molar-refractivity contribution in [2.45, 2.75) is 38.5 Å². The maximum absolute atomic E-state index is 2.47. The van der Waals surface area contributed by atoms with Gasteiger partial charge in [0, 0.05) is 44.8 Å². The summed E-state index contributed by atoms with van der Waals surface area (Å²) in [4.78, 5) is 4.80. The van der Waals surface area contributed by atoms with E-state index in [1.807, 2.05) is 0 Å². The predicted octanol–water partition coefficient (Wildman–Crippen LogP) is 33.9. The van der Waals surface area contributed by atoms with Crippen molar-refractivity contribution in [3.8, 4) is 145 Å². The van der Waals surface area contributed by atoms with Gasteiger partial charge >= 0.3 is 0 Å². The highest BCUT2D eigenvalue weighted by Gasteiger charge is 2.40. The summed E-state index contributed by atoms with van der Waals surface area (Å²) >= 11 is 0. The summed E-state index contributed by atoms with van der Waals surface area (Å²) in [7, 11) is 0. The lowest BCUT2D eigenvalue weighted by Gasteiger charge is -2.28. The van der Waals surface area contributed by atoms with E-state index in [2.05, 4.69) is 499 Å². The molecule has 0 aliphatic heterocycles. The molecule has 0 saturated heterocycles. The van der Waals surface area contributed by atoms with Gasteiger partial charge in [-0.15, -0.1) is 0 Å². The monoisotopic (exact) mass is 1580 g/mol. The molecule has 2 heteroatoms. The van der Waals surface area contributed by atoms with Crippen molar-refractivity contribution >= 4 is 55.7 Å². The van der Waals surface area contributed by atoms with Crippen LogP contribution in [0.5, 0.6) is 0 Å². The van der Waals surface area contributed by atoms with Gasteiger partial charge in [-0.3, -0.25) is 0 Å². The van der Waals surface area contributed by atoms with E-state index < -0.39 is 0 Å². The van der Waals surface area contributed by atoms with Gasteiger partial charge in [0.05, 0.1) is 5.69 Å². The molecule has 0 bridgehead atoms. The van der Waals surface area contributed by atoms with E-state index in [9.17, 15) is 0 Å². The van der Waals surface area contributed by atoms with Gasteiger partial charge in [0.15, 0.2) is 0 Å². The van der Waals surface area contributed by atoms with Gasteiger partial charge in [-0.05, 0) is 274 Å². The minimum atomic E-state index is -0.333. The van der Waals surface area contributed by atoms with E-state index in [4.69, 9.17) is 0 Å². The molecule has 0 saturated carbocycles. The first kappa shape index (κ1) is 74.8. The van der Waals surface area contributed by atoms with Crippen LogP contribution in [0.15, 0.2) is 461 Å². The van der Waals surface area contributed by atoms with Gasteiger partial charge in [-0.1, -0.05) is 398 Å². The highest BCUT2D eigenvalue weighted by molar-refractivity contribution is 6.02. The molecule has 20 aromatic carbocycles. The maximum atomic E-state index is 2.47. The summed E-state index contributed by atoms with van der Waals surface area (Å²) in [6, 6.07) is 171. The number of nitrogens with zero attached hydrogens (tertiary/aromatic N) is 2. The molecular weight excluding hydrogens is 1490 g/mol. The van der Waals surface area contributed by atoms with Crippen LogP contribution in [-0.2, 0) is 10.8 Å². The van der Waals surface area contributed by atoms with Gasteiger partial charge < -0.3 is 9.80 Å². The van der Waals surface area contributed by atoms with Crippen LogP contribution in [0.25, 0.3) is 166 Å². The highest BCUT2D eigenvalue weighted by Crippen LogP contribution is 2.57. The molecule has 0 fully saturated rings. The number of rotatable bonds is 17. The molecular formula is C122H88N2. The fourth-order valence-corrected chi connectivity index (χ4v) is 20.2. The molecule has 124 heavy (non-hydrogen) atoms. The Balaban J connectivity index is 0.613. The summed E-state index contributed by atoms with van der Waals surface area (Å²) in [5, 5.41) is 4.96. The fraction of sp³-hybridized carbons (Fsp3) is 0.0492. The normalized spacial score (nSPS) is 12.6. The number of anilines is 6. The van der Waals surface area contributed by atoms with Gasteiger partial charge in [-0.2, -0.15) is 0 Å². The molecule has 2 aliphatic carbocycles. The number of para-hydroxylation sites is 1. The maximum Gasteiger partial charge on any atom is 0.0540 e. The molecule has 22 rings (SSSR count). The van der Waals surface area contributed by atoms with E-state index in [0.29, 0.717) is 0 Å². The standard InChI is InChI=1S/C122H88N2/c1-121(2)116-49-20-18-42-108(116)109-45-25-46-111(119(109)121)114-79-93(83-53-66-97(67-54-83)123(96-64-51-82(52-65-96)81-27-8-5-9-28-81)98-70-57-89(58-71-98)103-43-23-35-86-33-14-16-39-101(86)103)62-75-106(114)95-38-22-37-91(77-95)94-63-76-117-115(80-94)112-48-26-47-110(120(112)122(117,3)4)113-78-92(61-74-105(113)85-29-10-6-11-30-85)84-55-68-99(69-56-84)124(118-50-21-19-41-107(118)88-31-12-7-13-32-88)100-72-59-90(60-73-100)104-44-24-36-87-34-15-17-40-102(87)104/h5-80H,1-4H3. The first-order valence-electron chi connectivity index (χ1n) is 43.3. The zero-order valence-electron chi connectivity index (χ0n) is 69.8. The minimum Gasteiger partial charge on any atom is -0.311 e. The van der Waals surface area contributed by atoms with Crippen LogP contribution in [0.3, 0.4) is 0 Å². The molecule has 0 radical (unpaired) electrons. The first-order chi connectivity index (χ1) is 61.0. The number of hydrogen-bond donors (Lipinski definition) is 0. The zero-order valence-corrected chi connectivity index (χ0v) is 69.8. The molecule has 0 amide bonds. The summed E-state index contributed by atoms with van der Waals surface area (Å²) in [6.07, 6.45) is 0. The zero-order chi connectivity index (χ0) is 83.0. The fourth-order valence-electron chi connectivity index (χ4n) is 20.2. The molecule has 0 spiro atoms. The third-order valence-corrected chi connectivity index (χ3v) is 26.3. The van der Waals surface area contributed by atoms with E-state index in [1.165, 1.54) is 161 Å².